The fourth-order valence-corrected chi connectivity index (χ4v) is 2.32. The highest BCUT2D eigenvalue weighted by Gasteiger charge is 2.43. The van der Waals surface area contributed by atoms with Gasteiger partial charge in [-0.05, 0) is 32.6 Å². The van der Waals surface area contributed by atoms with Crippen LogP contribution in [0, 0.1) is 5.41 Å². The third-order valence-corrected chi connectivity index (χ3v) is 3.74. The molecule has 1 heterocycles. The number of ether oxygens (including phenoxy) is 4. The van der Waals surface area contributed by atoms with E-state index in [-0.39, 0.29) is 31.4 Å². The van der Waals surface area contributed by atoms with Crippen molar-refractivity contribution in [2.24, 2.45) is 5.41 Å². The van der Waals surface area contributed by atoms with Gasteiger partial charge in [0.1, 0.15) is 24.7 Å². The normalized spacial score (nSPS) is 30.1. The highest BCUT2D eigenvalue weighted by Crippen LogP contribution is 2.28. The van der Waals surface area contributed by atoms with Gasteiger partial charge in [-0.1, -0.05) is 0 Å². The maximum absolute atomic E-state index is 12.1. The zero-order valence-electron chi connectivity index (χ0n) is 11.3. The van der Waals surface area contributed by atoms with E-state index in [0.29, 0.717) is 0 Å². The van der Waals surface area contributed by atoms with E-state index in [2.05, 4.69) is 0 Å². The second-order valence-corrected chi connectivity index (χ2v) is 5.43. The summed E-state index contributed by atoms with van der Waals surface area (Å²) < 4.78 is 20.3. The molecule has 1 saturated carbocycles. The summed E-state index contributed by atoms with van der Waals surface area (Å²) in [5, 5.41) is 0. The van der Waals surface area contributed by atoms with Gasteiger partial charge in [0.2, 0.25) is 0 Å². The third kappa shape index (κ3) is 3.37. The molecule has 0 spiro atoms. The van der Waals surface area contributed by atoms with Crippen molar-refractivity contribution >= 4 is 12.1 Å². The van der Waals surface area contributed by atoms with Gasteiger partial charge in [-0.3, -0.25) is 4.79 Å². The highest BCUT2D eigenvalue weighted by atomic mass is 16.7. The van der Waals surface area contributed by atoms with Crippen LogP contribution in [-0.2, 0) is 23.7 Å². The number of cyclic esters (lactones) is 2. The molecule has 0 bridgehead atoms. The molecule has 2 aliphatic rings. The van der Waals surface area contributed by atoms with E-state index in [4.69, 9.17) is 18.9 Å². The summed E-state index contributed by atoms with van der Waals surface area (Å²) in [4.78, 5) is 22.9. The minimum atomic E-state index is -0.897. The van der Waals surface area contributed by atoms with Crippen LogP contribution < -0.4 is 0 Å². The van der Waals surface area contributed by atoms with Crippen molar-refractivity contribution < 1.29 is 28.5 Å². The van der Waals surface area contributed by atoms with Crippen molar-refractivity contribution in [2.45, 2.75) is 44.8 Å². The van der Waals surface area contributed by atoms with Gasteiger partial charge in [0.15, 0.2) is 0 Å². The number of hydrogen-bond donors (Lipinski definition) is 0. The lowest BCUT2D eigenvalue weighted by atomic mass is 9.91. The molecule has 1 aliphatic heterocycles. The minimum absolute atomic E-state index is 0.0120. The average Bonchev–Trinajstić information content (AvgIpc) is 2.43. The maximum atomic E-state index is 12.1. The van der Waals surface area contributed by atoms with Crippen LogP contribution in [0.2, 0.25) is 0 Å². The highest BCUT2D eigenvalue weighted by molar-refractivity contribution is 5.78. The Morgan fingerprint density at radius 3 is 2.21 bits per heavy atom. The first-order valence-electron chi connectivity index (χ1n) is 6.57. The first-order valence-corrected chi connectivity index (χ1v) is 6.57. The summed E-state index contributed by atoms with van der Waals surface area (Å²) in [5.74, 6) is -0.360. The first-order chi connectivity index (χ1) is 9.03. The molecule has 0 N–H and O–H groups in total. The van der Waals surface area contributed by atoms with Gasteiger partial charge in [0.05, 0.1) is 6.10 Å². The maximum Gasteiger partial charge on any atom is 0.508 e. The lowest BCUT2D eigenvalue weighted by molar-refractivity contribution is -0.174. The van der Waals surface area contributed by atoms with Crippen LogP contribution in [0.4, 0.5) is 4.79 Å². The van der Waals surface area contributed by atoms with Crippen molar-refractivity contribution in [3.63, 3.8) is 0 Å². The van der Waals surface area contributed by atoms with E-state index >= 15 is 0 Å². The van der Waals surface area contributed by atoms with Crippen LogP contribution in [0.25, 0.3) is 0 Å². The molecule has 0 atom stereocenters. The molecule has 2 rings (SSSR count). The van der Waals surface area contributed by atoms with Crippen molar-refractivity contribution in [3.05, 3.63) is 0 Å². The number of carbonyl (C=O) groups is 2. The van der Waals surface area contributed by atoms with Gasteiger partial charge in [-0.25, -0.2) is 4.79 Å². The van der Waals surface area contributed by atoms with Crippen LogP contribution in [0.1, 0.15) is 32.6 Å². The number of hydrogen-bond acceptors (Lipinski definition) is 6. The summed E-state index contributed by atoms with van der Waals surface area (Å²) in [6.45, 7) is 1.71. The standard InChI is InChI=1S/C13H20O6/c1-13(7-17-12(15)18-8-13)11(14)19-10-5-3-9(16-2)4-6-10/h9-10H,3-8H2,1-2H3. The van der Waals surface area contributed by atoms with E-state index in [1.54, 1.807) is 14.0 Å². The van der Waals surface area contributed by atoms with E-state index in [1.165, 1.54) is 0 Å². The van der Waals surface area contributed by atoms with Gasteiger partial charge in [-0.2, -0.15) is 0 Å². The second kappa shape index (κ2) is 5.77. The summed E-state index contributed by atoms with van der Waals surface area (Å²) in [5.41, 5.74) is -0.897. The van der Waals surface area contributed by atoms with Crippen LogP contribution in [0.5, 0.6) is 0 Å². The molecular weight excluding hydrogens is 252 g/mol. The average molecular weight is 272 g/mol. The van der Waals surface area contributed by atoms with Crippen molar-refractivity contribution in [3.8, 4) is 0 Å². The fraction of sp³-hybridized carbons (Fsp3) is 0.846. The minimum Gasteiger partial charge on any atom is -0.462 e. The monoisotopic (exact) mass is 272 g/mol. The Hall–Kier alpha value is -1.30. The molecule has 0 radical (unpaired) electrons. The van der Waals surface area contributed by atoms with Crippen LogP contribution in [0.15, 0.2) is 0 Å². The Labute approximate surface area is 112 Å². The van der Waals surface area contributed by atoms with Crippen LogP contribution in [0.3, 0.4) is 0 Å². The summed E-state index contributed by atoms with van der Waals surface area (Å²) >= 11 is 0. The number of esters is 1. The van der Waals surface area contributed by atoms with Crippen molar-refractivity contribution in [1.29, 1.82) is 0 Å². The molecule has 6 heteroatoms. The molecule has 1 saturated heterocycles. The van der Waals surface area contributed by atoms with E-state index in [9.17, 15) is 9.59 Å². The second-order valence-electron chi connectivity index (χ2n) is 5.43. The van der Waals surface area contributed by atoms with E-state index in [1.807, 2.05) is 0 Å². The van der Waals surface area contributed by atoms with Gasteiger partial charge in [0.25, 0.3) is 0 Å². The van der Waals surface area contributed by atoms with E-state index < -0.39 is 11.6 Å². The van der Waals surface area contributed by atoms with Gasteiger partial charge >= 0.3 is 12.1 Å². The topological polar surface area (TPSA) is 71.1 Å². The molecule has 0 unspecified atom stereocenters. The molecule has 6 nitrogen and oxygen atoms in total. The molecule has 1 aliphatic carbocycles. The molecule has 0 amide bonds. The summed E-state index contributed by atoms with van der Waals surface area (Å²) in [6.07, 6.45) is 2.87. The molecule has 0 aromatic heterocycles. The molecule has 0 aromatic carbocycles. The Kier molecular flexibility index (Phi) is 4.29. The smallest absolute Gasteiger partial charge is 0.462 e. The number of carbonyl (C=O) groups excluding carboxylic acids is 2. The molecule has 19 heavy (non-hydrogen) atoms. The molecule has 108 valence electrons. The Balaban J connectivity index is 1.82. The lowest BCUT2D eigenvalue weighted by Gasteiger charge is -2.33. The number of methoxy groups -OCH3 is 1. The predicted molar refractivity (Wildman–Crippen MR) is 64.6 cm³/mol. The zero-order valence-corrected chi connectivity index (χ0v) is 11.3. The van der Waals surface area contributed by atoms with Crippen molar-refractivity contribution in [1.82, 2.24) is 0 Å². The van der Waals surface area contributed by atoms with Gasteiger partial charge in [-0.15, -0.1) is 0 Å². The Bertz CT molecular complexity index is 335. The van der Waals surface area contributed by atoms with E-state index in [0.717, 1.165) is 25.7 Å². The van der Waals surface area contributed by atoms with Gasteiger partial charge in [0, 0.05) is 7.11 Å². The molecule has 0 aromatic rings. The largest absolute Gasteiger partial charge is 0.508 e. The summed E-state index contributed by atoms with van der Waals surface area (Å²) in [7, 11) is 1.70. The fourth-order valence-electron chi connectivity index (χ4n) is 2.32. The Morgan fingerprint density at radius 2 is 1.68 bits per heavy atom. The van der Waals surface area contributed by atoms with Gasteiger partial charge < -0.3 is 18.9 Å². The Morgan fingerprint density at radius 1 is 1.16 bits per heavy atom. The van der Waals surface area contributed by atoms with Crippen molar-refractivity contribution in [2.75, 3.05) is 20.3 Å². The molecular formula is C13H20O6. The van der Waals surface area contributed by atoms with Crippen LogP contribution >= 0.6 is 0 Å². The molecule has 2 fully saturated rings. The third-order valence-electron chi connectivity index (χ3n) is 3.74. The first kappa shape index (κ1) is 14.1. The zero-order chi connectivity index (χ0) is 13.9. The number of rotatable bonds is 3. The van der Waals surface area contributed by atoms with Crippen LogP contribution in [-0.4, -0.2) is 44.7 Å². The predicted octanol–water partition coefficient (Wildman–Crippen LogP) is 1.66. The summed E-state index contributed by atoms with van der Waals surface area (Å²) in [6, 6.07) is 0. The quantitative estimate of drug-likeness (QED) is 0.728. The lowest BCUT2D eigenvalue weighted by Crippen LogP contribution is -2.45. The SMILES string of the molecule is COC1CCC(OC(=O)C2(C)COC(=O)OC2)CC1.